The Labute approximate surface area is 203 Å². The van der Waals surface area contributed by atoms with Gasteiger partial charge in [-0.3, -0.25) is 4.79 Å². The van der Waals surface area contributed by atoms with E-state index in [1.165, 1.54) is 37.9 Å². The second-order valence-electron chi connectivity index (χ2n) is 9.66. The van der Waals surface area contributed by atoms with Gasteiger partial charge in [0.1, 0.15) is 0 Å². The van der Waals surface area contributed by atoms with Gasteiger partial charge in [0.15, 0.2) is 5.82 Å². The highest BCUT2D eigenvalue weighted by Gasteiger charge is 2.39. The normalized spacial score (nSPS) is 17.9. The van der Waals surface area contributed by atoms with E-state index in [-0.39, 0.29) is 11.4 Å². The van der Waals surface area contributed by atoms with Crippen LogP contribution in [0.4, 0.5) is 0 Å². The molecule has 2 fully saturated rings. The second-order valence-corrected chi connectivity index (χ2v) is 10.7. The number of nitrogens with zero attached hydrogens (tertiary/aromatic N) is 4. The predicted octanol–water partition coefficient (Wildman–Crippen LogP) is 4.16. The molecule has 1 saturated carbocycles. The van der Waals surface area contributed by atoms with Crippen LogP contribution in [0, 0.1) is 0 Å². The monoisotopic (exact) mass is 474 g/mol. The highest BCUT2D eigenvalue weighted by Crippen LogP contribution is 2.42. The number of piperidine rings is 1. The molecule has 1 aliphatic heterocycles. The van der Waals surface area contributed by atoms with Crippen LogP contribution in [0.2, 0.25) is 0 Å². The van der Waals surface area contributed by atoms with E-state index in [4.69, 9.17) is 15.8 Å². The maximum Gasteiger partial charge on any atom is 0.251 e. The van der Waals surface area contributed by atoms with Gasteiger partial charge < -0.3 is 16.0 Å². The summed E-state index contributed by atoms with van der Waals surface area (Å²) >= 11 is 1.56. The second kappa shape index (κ2) is 8.76. The fourth-order valence-corrected chi connectivity index (χ4v) is 5.82. The van der Waals surface area contributed by atoms with E-state index in [0.717, 1.165) is 46.5 Å². The number of aromatic nitrogens is 3. The average Bonchev–Trinajstić information content (AvgIpc) is 3.34. The van der Waals surface area contributed by atoms with Gasteiger partial charge in [0.25, 0.3) is 5.91 Å². The molecular formula is C26H30N6OS. The Morgan fingerprint density at radius 1 is 1.09 bits per heavy atom. The Bertz CT molecular complexity index is 1330. The summed E-state index contributed by atoms with van der Waals surface area (Å²) in [4.78, 5) is 20.7. The molecule has 2 aromatic carbocycles. The Kier molecular flexibility index (Phi) is 5.59. The van der Waals surface area contributed by atoms with Crippen LogP contribution in [0.5, 0.6) is 0 Å². The largest absolute Gasteiger partial charge is 0.352 e. The van der Waals surface area contributed by atoms with Crippen molar-refractivity contribution in [2.45, 2.75) is 44.1 Å². The fraction of sp³-hybridized carbons (Fsp3) is 0.423. The van der Waals surface area contributed by atoms with Crippen LogP contribution in [0.3, 0.4) is 0 Å². The standard InChI is InChI=1S/C26H30N6OS/c27-26(11-12-26)20-8-5-18(6-9-20)23-29-25-32(30-23)21-10-7-19(17-22(21)34-25)24(33)28-13-4-16-31-14-2-1-3-15-31/h5-10,17H,1-4,11-16,27H2,(H,28,33). The number of likely N-dealkylation sites (tertiary alicyclic amines) is 1. The van der Waals surface area contributed by atoms with Crippen LogP contribution < -0.4 is 11.1 Å². The Morgan fingerprint density at radius 3 is 2.65 bits per heavy atom. The molecule has 0 unspecified atom stereocenters. The lowest BCUT2D eigenvalue weighted by Crippen LogP contribution is -2.33. The Balaban J connectivity index is 1.13. The lowest BCUT2D eigenvalue weighted by Gasteiger charge is -2.26. The van der Waals surface area contributed by atoms with Crippen LogP contribution in [0.1, 0.15) is 54.4 Å². The van der Waals surface area contributed by atoms with Crippen molar-refractivity contribution >= 4 is 32.4 Å². The highest BCUT2D eigenvalue weighted by atomic mass is 32.1. The number of carbonyl (C=O) groups excluding carboxylic acids is 1. The third kappa shape index (κ3) is 4.21. The lowest BCUT2D eigenvalue weighted by molar-refractivity contribution is 0.0951. The molecule has 34 heavy (non-hydrogen) atoms. The predicted molar refractivity (Wildman–Crippen MR) is 136 cm³/mol. The van der Waals surface area contributed by atoms with Gasteiger partial charge in [0.2, 0.25) is 4.96 Å². The molecule has 3 N–H and O–H groups in total. The van der Waals surface area contributed by atoms with Crippen molar-refractivity contribution in [1.82, 2.24) is 24.8 Å². The molecule has 7 nitrogen and oxygen atoms in total. The van der Waals surface area contributed by atoms with Crippen molar-refractivity contribution < 1.29 is 4.79 Å². The summed E-state index contributed by atoms with van der Waals surface area (Å²) in [5.41, 5.74) is 9.98. The van der Waals surface area contributed by atoms with Crippen LogP contribution >= 0.6 is 11.3 Å². The van der Waals surface area contributed by atoms with E-state index in [2.05, 4.69) is 34.5 Å². The zero-order valence-corrected chi connectivity index (χ0v) is 20.1. The minimum atomic E-state index is -0.131. The molecule has 4 aromatic rings. The molecule has 3 heterocycles. The smallest absolute Gasteiger partial charge is 0.251 e. The molecule has 2 aromatic heterocycles. The molecule has 0 atom stereocenters. The molecule has 1 amide bonds. The first-order valence-electron chi connectivity index (χ1n) is 12.3. The van der Waals surface area contributed by atoms with E-state index >= 15 is 0 Å². The van der Waals surface area contributed by atoms with Crippen molar-refractivity contribution in [2.75, 3.05) is 26.2 Å². The van der Waals surface area contributed by atoms with Crippen LogP contribution in [-0.2, 0) is 5.54 Å². The number of hydrogen-bond acceptors (Lipinski definition) is 6. The summed E-state index contributed by atoms with van der Waals surface area (Å²) in [6.45, 7) is 4.15. The van der Waals surface area contributed by atoms with Gasteiger partial charge in [-0.25, -0.2) is 4.52 Å². The summed E-state index contributed by atoms with van der Waals surface area (Å²) in [6, 6.07) is 14.1. The number of amides is 1. The van der Waals surface area contributed by atoms with E-state index < -0.39 is 0 Å². The minimum absolute atomic E-state index is 0.0198. The molecule has 8 heteroatoms. The van der Waals surface area contributed by atoms with Gasteiger partial charge in [0, 0.05) is 23.2 Å². The summed E-state index contributed by atoms with van der Waals surface area (Å²) in [5, 5.41) is 7.81. The van der Waals surface area contributed by atoms with Gasteiger partial charge in [-0.05, 0) is 75.5 Å². The number of fused-ring (bicyclic) bond motifs is 3. The van der Waals surface area contributed by atoms with Crippen molar-refractivity contribution in [2.24, 2.45) is 5.73 Å². The summed E-state index contributed by atoms with van der Waals surface area (Å²) in [6.07, 6.45) is 7.04. The Morgan fingerprint density at radius 2 is 1.88 bits per heavy atom. The van der Waals surface area contributed by atoms with Crippen LogP contribution in [-0.4, -0.2) is 51.6 Å². The number of nitrogens with two attached hydrogens (primary N) is 1. The molecule has 2 aliphatic rings. The Hall–Kier alpha value is -2.81. The molecule has 0 bridgehead atoms. The highest BCUT2D eigenvalue weighted by molar-refractivity contribution is 7.23. The van der Waals surface area contributed by atoms with Crippen molar-refractivity contribution in [3.63, 3.8) is 0 Å². The molecule has 176 valence electrons. The molecule has 0 spiro atoms. The van der Waals surface area contributed by atoms with Gasteiger partial charge in [-0.2, -0.15) is 4.98 Å². The maximum atomic E-state index is 12.7. The average molecular weight is 475 g/mol. The topological polar surface area (TPSA) is 88.5 Å². The molecule has 6 rings (SSSR count). The lowest BCUT2D eigenvalue weighted by atomic mass is 10.0. The zero-order chi connectivity index (χ0) is 23.1. The van der Waals surface area contributed by atoms with Gasteiger partial charge in [0.05, 0.1) is 10.2 Å². The SMILES string of the molecule is NC1(c2ccc(-c3nc4sc5cc(C(=O)NCCCN6CCCCC6)ccc5n4n3)cc2)CC1. The number of carbonyl (C=O) groups is 1. The fourth-order valence-electron chi connectivity index (χ4n) is 4.82. The quantitative estimate of drug-likeness (QED) is 0.393. The zero-order valence-electron chi connectivity index (χ0n) is 19.3. The van der Waals surface area contributed by atoms with E-state index in [1.807, 2.05) is 22.7 Å². The van der Waals surface area contributed by atoms with Gasteiger partial charge >= 0.3 is 0 Å². The third-order valence-electron chi connectivity index (χ3n) is 7.12. The molecule has 0 radical (unpaired) electrons. The van der Waals surface area contributed by atoms with Crippen LogP contribution in [0.25, 0.3) is 26.6 Å². The van der Waals surface area contributed by atoms with Crippen LogP contribution in [0.15, 0.2) is 42.5 Å². The van der Waals surface area contributed by atoms with Crippen molar-refractivity contribution in [3.8, 4) is 11.4 Å². The first-order valence-corrected chi connectivity index (χ1v) is 13.1. The van der Waals surface area contributed by atoms with Gasteiger partial charge in [-0.1, -0.05) is 42.0 Å². The third-order valence-corrected chi connectivity index (χ3v) is 8.11. The van der Waals surface area contributed by atoms with E-state index in [9.17, 15) is 4.79 Å². The molecule has 1 saturated heterocycles. The number of nitrogens with one attached hydrogen (secondary N) is 1. The summed E-state index contributed by atoms with van der Waals surface area (Å²) in [7, 11) is 0. The van der Waals surface area contributed by atoms with E-state index in [0.29, 0.717) is 17.9 Å². The first kappa shape index (κ1) is 21.7. The number of rotatable bonds is 7. The summed E-state index contributed by atoms with van der Waals surface area (Å²) in [5.74, 6) is 0.686. The van der Waals surface area contributed by atoms with Crippen molar-refractivity contribution in [3.05, 3.63) is 53.6 Å². The van der Waals surface area contributed by atoms with E-state index in [1.54, 1.807) is 11.3 Å². The van der Waals surface area contributed by atoms with Crippen molar-refractivity contribution in [1.29, 1.82) is 0 Å². The number of hydrogen-bond donors (Lipinski definition) is 2. The summed E-state index contributed by atoms with van der Waals surface area (Å²) < 4.78 is 2.88. The van der Waals surface area contributed by atoms with Gasteiger partial charge in [-0.15, -0.1) is 5.10 Å². The first-order chi connectivity index (χ1) is 16.6. The minimum Gasteiger partial charge on any atom is -0.352 e. The number of thiazole rings is 1. The molecular weight excluding hydrogens is 444 g/mol. The number of benzene rings is 2. The molecule has 1 aliphatic carbocycles. The maximum absolute atomic E-state index is 12.7.